The molecule has 0 aliphatic heterocycles. The monoisotopic (exact) mass is 366 g/mol. The summed E-state index contributed by atoms with van der Waals surface area (Å²) in [6.07, 6.45) is 16.0. The zero-order valence-electron chi connectivity index (χ0n) is 16.5. The zero-order chi connectivity index (χ0) is 19.3. The Morgan fingerprint density at radius 2 is 1.63 bits per heavy atom. The normalized spacial score (nSPS) is 11.0. The van der Waals surface area contributed by atoms with E-state index in [0.29, 0.717) is 11.6 Å². The summed E-state index contributed by atoms with van der Waals surface area (Å²) in [4.78, 5) is 20.2. The quantitative estimate of drug-likeness (QED) is 0.281. The largest absolute Gasteiger partial charge is 0.420 e. The number of hydrogen-bond donors (Lipinski definition) is 0. The minimum absolute atomic E-state index is 0.351. The molecule has 0 aliphatic rings. The first-order valence-corrected chi connectivity index (χ1v) is 10.0. The molecule has 1 aromatic carbocycles. The minimum atomic E-state index is -0.410. The van der Waals surface area contributed by atoms with Crippen LogP contribution in [0.5, 0.6) is 5.75 Å². The van der Waals surface area contributed by atoms with E-state index in [1.165, 1.54) is 62.6 Å². The number of benzene rings is 1. The molecule has 27 heavy (non-hydrogen) atoms. The Morgan fingerprint density at radius 3 is 2.30 bits per heavy atom. The minimum Gasteiger partial charge on any atom is -0.420 e. The van der Waals surface area contributed by atoms with Crippen LogP contribution in [0.15, 0.2) is 48.8 Å². The number of hydrogen-bond acceptors (Lipinski definition) is 4. The molecule has 0 saturated heterocycles. The fourth-order valence-electron chi connectivity index (χ4n) is 2.81. The van der Waals surface area contributed by atoms with Crippen LogP contribution in [0.2, 0.25) is 0 Å². The lowest BCUT2D eigenvalue weighted by Crippen LogP contribution is -2.04. The lowest BCUT2D eigenvalue weighted by Gasteiger charge is -2.05. The molecule has 144 valence electrons. The number of nitrogens with zero attached hydrogens (tertiary/aromatic N) is 2. The van der Waals surface area contributed by atoms with Crippen molar-refractivity contribution in [3.63, 3.8) is 0 Å². The maximum absolute atomic E-state index is 11.6. The lowest BCUT2D eigenvalue weighted by molar-refractivity contribution is -0.129. The van der Waals surface area contributed by atoms with Crippen LogP contribution in [-0.2, 0) is 11.2 Å². The standard InChI is InChI=1S/C23H30N2O2/c1-3-5-7-8-9-10-11-19-13-15-20(16-14-19)23-24-17-21(18-25-23)27-22(26)12-6-4-2/h6,12-18H,3-5,7-11H2,1-2H3. The lowest BCUT2D eigenvalue weighted by atomic mass is 10.0. The molecule has 0 saturated carbocycles. The molecule has 0 bridgehead atoms. The maximum atomic E-state index is 11.6. The Labute approximate surface area is 162 Å². The molecule has 2 aromatic rings. The Morgan fingerprint density at radius 1 is 0.963 bits per heavy atom. The average molecular weight is 367 g/mol. The average Bonchev–Trinajstić information content (AvgIpc) is 2.70. The highest BCUT2D eigenvalue weighted by Gasteiger charge is 2.05. The van der Waals surface area contributed by atoms with Crippen molar-refractivity contribution in [1.29, 1.82) is 0 Å². The molecule has 2 rings (SSSR count). The van der Waals surface area contributed by atoms with Gasteiger partial charge in [-0.2, -0.15) is 0 Å². The van der Waals surface area contributed by atoms with Crippen LogP contribution in [0.3, 0.4) is 0 Å². The topological polar surface area (TPSA) is 52.1 Å². The third-order valence-electron chi connectivity index (χ3n) is 4.37. The second kappa shape index (κ2) is 12.0. The third-order valence-corrected chi connectivity index (χ3v) is 4.37. The molecule has 0 N–H and O–H groups in total. The van der Waals surface area contributed by atoms with Crippen molar-refractivity contribution < 1.29 is 9.53 Å². The molecule has 4 nitrogen and oxygen atoms in total. The Kier molecular flexibility index (Phi) is 9.25. The summed E-state index contributed by atoms with van der Waals surface area (Å²) in [7, 11) is 0. The van der Waals surface area contributed by atoms with E-state index >= 15 is 0 Å². The zero-order valence-corrected chi connectivity index (χ0v) is 16.5. The van der Waals surface area contributed by atoms with Crippen LogP contribution in [0, 0.1) is 0 Å². The van der Waals surface area contributed by atoms with Gasteiger partial charge in [0.1, 0.15) is 0 Å². The van der Waals surface area contributed by atoms with Crippen LogP contribution >= 0.6 is 0 Å². The van der Waals surface area contributed by atoms with Gasteiger partial charge in [-0.05, 0) is 24.8 Å². The summed E-state index contributed by atoms with van der Waals surface area (Å²) in [5.41, 5.74) is 2.31. The maximum Gasteiger partial charge on any atom is 0.335 e. The van der Waals surface area contributed by atoms with Gasteiger partial charge in [0, 0.05) is 11.6 Å². The molecule has 0 unspecified atom stereocenters. The fourth-order valence-corrected chi connectivity index (χ4v) is 2.81. The van der Waals surface area contributed by atoms with Gasteiger partial charge in [-0.25, -0.2) is 14.8 Å². The fraction of sp³-hybridized carbons (Fsp3) is 0.435. The Balaban J connectivity index is 1.83. The number of carbonyl (C=O) groups is 1. The molecule has 1 aromatic heterocycles. The molecule has 0 amide bonds. The van der Waals surface area contributed by atoms with E-state index in [0.717, 1.165) is 18.4 Å². The van der Waals surface area contributed by atoms with Crippen LogP contribution in [0.1, 0.15) is 64.4 Å². The van der Waals surface area contributed by atoms with Gasteiger partial charge in [0.25, 0.3) is 0 Å². The van der Waals surface area contributed by atoms with E-state index in [9.17, 15) is 4.79 Å². The Bertz CT molecular complexity index is 706. The highest BCUT2D eigenvalue weighted by molar-refractivity contribution is 5.83. The number of allylic oxidation sites excluding steroid dienone is 1. The van der Waals surface area contributed by atoms with E-state index in [4.69, 9.17) is 4.74 Å². The molecule has 0 radical (unpaired) electrons. The first-order chi connectivity index (χ1) is 13.2. The van der Waals surface area contributed by atoms with Crippen LogP contribution < -0.4 is 4.74 Å². The summed E-state index contributed by atoms with van der Waals surface area (Å²) in [5, 5.41) is 0. The van der Waals surface area contributed by atoms with Crippen molar-refractivity contribution in [3.05, 3.63) is 54.4 Å². The first-order valence-electron chi connectivity index (χ1n) is 10.0. The predicted molar refractivity (Wildman–Crippen MR) is 110 cm³/mol. The second-order valence-electron chi connectivity index (χ2n) is 6.69. The van der Waals surface area contributed by atoms with Crippen molar-refractivity contribution in [2.45, 2.75) is 65.2 Å². The molecule has 0 fully saturated rings. The van der Waals surface area contributed by atoms with Crippen LogP contribution in [0.4, 0.5) is 0 Å². The van der Waals surface area contributed by atoms with Gasteiger partial charge in [-0.1, -0.05) is 76.3 Å². The van der Waals surface area contributed by atoms with Crippen LogP contribution in [0.25, 0.3) is 11.4 Å². The van der Waals surface area contributed by atoms with Gasteiger partial charge in [-0.3, -0.25) is 0 Å². The van der Waals surface area contributed by atoms with Gasteiger partial charge in [0.15, 0.2) is 11.6 Å². The molecule has 0 atom stereocenters. The number of rotatable bonds is 11. The van der Waals surface area contributed by atoms with Crippen molar-refractivity contribution >= 4 is 5.97 Å². The van der Waals surface area contributed by atoms with E-state index in [1.807, 2.05) is 6.92 Å². The number of unbranched alkanes of at least 4 members (excludes halogenated alkanes) is 5. The van der Waals surface area contributed by atoms with Gasteiger partial charge in [-0.15, -0.1) is 0 Å². The molecular formula is C23H30N2O2. The number of esters is 1. The number of aryl methyl sites for hydroxylation is 1. The summed E-state index contributed by atoms with van der Waals surface area (Å²) >= 11 is 0. The molecular weight excluding hydrogens is 336 g/mol. The van der Waals surface area contributed by atoms with E-state index in [-0.39, 0.29) is 0 Å². The number of aromatic nitrogens is 2. The summed E-state index contributed by atoms with van der Waals surface area (Å²) in [6.45, 7) is 4.21. The van der Waals surface area contributed by atoms with Gasteiger partial charge in [0.05, 0.1) is 12.4 Å². The highest BCUT2D eigenvalue weighted by atomic mass is 16.5. The van der Waals surface area contributed by atoms with Gasteiger partial charge < -0.3 is 4.74 Å². The van der Waals surface area contributed by atoms with Crippen molar-refractivity contribution in [3.8, 4) is 17.1 Å². The third kappa shape index (κ3) is 7.73. The SMILES string of the molecule is CCC=CC(=O)Oc1cnc(-c2ccc(CCCCCCCC)cc2)nc1. The summed E-state index contributed by atoms with van der Waals surface area (Å²) in [6, 6.07) is 8.40. The Hall–Kier alpha value is -2.49. The van der Waals surface area contributed by atoms with E-state index < -0.39 is 5.97 Å². The number of ether oxygens (including phenoxy) is 1. The van der Waals surface area contributed by atoms with Crippen molar-refractivity contribution in [1.82, 2.24) is 9.97 Å². The summed E-state index contributed by atoms with van der Waals surface area (Å²) in [5.74, 6) is 0.571. The van der Waals surface area contributed by atoms with E-state index in [1.54, 1.807) is 6.08 Å². The van der Waals surface area contributed by atoms with Crippen molar-refractivity contribution in [2.24, 2.45) is 0 Å². The molecule has 0 spiro atoms. The van der Waals surface area contributed by atoms with Gasteiger partial charge in [0.2, 0.25) is 0 Å². The van der Waals surface area contributed by atoms with Crippen molar-refractivity contribution in [2.75, 3.05) is 0 Å². The van der Waals surface area contributed by atoms with Crippen LogP contribution in [-0.4, -0.2) is 15.9 Å². The molecule has 1 heterocycles. The molecule has 4 heteroatoms. The van der Waals surface area contributed by atoms with E-state index in [2.05, 4.69) is 41.2 Å². The molecule has 0 aliphatic carbocycles. The smallest absolute Gasteiger partial charge is 0.335 e. The summed E-state index contributed by atoms with van der Waals surface area (Å²) < 4.78 is 5.16. The second-order valence-corrected chi connectivity index (χ2v) is 6.69. The first kappa shape index (κ1) is 20.8. The van der Waals surface area contributed by atoms with Gasteiger partial charge >= 0.3 is 5.97 Å². The predicted octanol–water partition coefficient (Wildman–Crippen LogP) is 5.92. The highest BCUT2D eigenvalue weighted by Crippen LogP contribution is 2.18. The number of carbonyl (C=O) groups excluding carboxylic acids is 1.